The zero-order chi connectivity index (χ0) is 16.4. The van der Waals surface area contributed by atoms with E-state index in [-0.39, 0.29) is 21.9 Å². The maximum atomic E-state index is 12.2. The molecule has 10 heteroatoms. The van der Waals surface area contributed by atoms with Gasteiger partial charge in [-0.3, -0.25) is 14.9 Å². The lowest BCUT2D eigenvalue weighted by Gasteiger charge is -2.14. The van der Waals surface area contributed by atoms with Crippen molar-refractivity contribution in [3.63, 3.8) is 0 Å². The number of carbonyl (C=O) groups is 1. The molecule has 8 nitrogen and oxygen atoms in total. The van der Waals surface area contributed by atoms with Crippen LogP contribution in [-0.2, 0) is 14.8 Å². The molecule has 3 N–H and O–H groups in total. The highest BCUT2D eigenvalue weighted by molar-refractivity contribution is 7.89. The molecule has 0 aliphatic carbocycles. The van der Waals surface area contributed by atoms with Crippen LogP contribution < -0.4 is 10.5 Å². The van der Waals surface area contributed by atoms with E-state index in [1.807, 2.05) is 0 Å². The number of aryl methyl sites for hydroxylation is 1. The molecule has 0 heterocycles. The van der Waals surface area contributed by atoms with Crippen LogP contribution in [0.25, 0.3) is 0 Å². The van der Waals surface area contributed by atoms with Gasteiger partial charge < -0.3 is 5.73 Å². The number of benzene rings is 1. The number of carbonyl (C=O) groups excluding carboxylic acids is 1. The fraction of sp³-hybridized carbons (Fsp3) is 0.364. The molecule has 1 aromatic rings. The third-order valence-corrected chi connectivity index (χ3v) is 4.63. The van der Waals surface area contributed by atoms with Crippen LogP contribution in [0.5, 0.6) is 0 Å². The number of nitrogens with two attached hydrogens (primary N) is 1. The van der Waals surface area contributed by atoms with Crippen molar-refractivity contribution in [1.82, 2.24) is 4.72 Å². The third kappa shape index (κ3) is 4.38. The van der Waals surface area contributed by atoms with Crippen molar-refractivity contribution >= 4 is 33.2 Å². The minimum Gasteiger partial charge on any atom is -0.370 e. The first-order valence-electron chi connectivity index (χ1n) is 5.79. The molecule has 0 fully saturated rings. The van der Waals surface area contributed by atoms with Crippen LogP contribution in [-0.4, -0.2) is 25.3 Å². The Labute approximate surface area is 126 Å². The number of primary amides is 1. The zero-order valence-electron chi connectivity index (χ0n) is 11.3. The molecule has 0 radical (unpaired) electrons. The van der Waals surface area contributed by atoms with Crippen LogP contribution in [0.15, 0.2) is 17.0 Å². The highest BCUT2D eigenvalue weighted by atomic mass is 35.5. The predicted octanol–water partition coefficient (Wildman–Crippen LogP) is 1.10. The van der Waals surface area contributed by atoms with Crippen molar-refractivity contribution in [3.8, 4) is 0 Å². The second-order valence-electron chi connectivity index (χ2n) is 4.52. The van der Waals surface area contributed by atoms with Crippen molar-refractivity contribution in [2.24, 2.45) is 5.73 Å². The minimum absolute atomic E-state index is 0.151. The Morgan fingerprint density at radius 1 is 1.52 bits per heavy atom. The van der Waals surface area contributed by atoms with Gasteiger partial charge in [0.15, 0.2) is 0 Å². The van der Waals surface area contributed by atoms with Gasteiger partial charge in [-0.05, 0) is 25.5 Å². The topological polar surface area (TPSA) is 132 Å². The summed E-state index contributed by atoms with van der Waals surface area (Å²) in [5.74, 6) is -0.663. The van der Waals surface area contributed by atoms with Gasteiger partial charge in [0, 0.05) is 18.5 Å². The maximum Gasteiger partial charge on any atom is 0.289 e. The Bertz CT molecular complexity index is 689. The van der Waals surface area contributed by atoms with E-state index in [2.05, 4.69) is 4.72 Å². The lowest BCUT2D eigenvalue weighted by atomic mass is 10.2. The van der Waals surface area contributed by atoms with Crippen LogP contribution in [0.1, 0.15) is 18.9 Å². The van der Waals surface area contributed by atoms with Crippen molar-refractivity contribution in [2.75, 3.05) is 0 Å². The number of sulfonamides is 1. The Morgan fingerprint density at radius 3 is 2.57 bits per heavy atom. The van der Waals surface area contributed by atoms with Gasteiger partial charge in [-0.15, -0.1) is 0 Å². The van der Waals surface area contributed by atoms with Crippen LogP contribution >= 0.6 is 11.6 Å². The highest BCUT2D eigenvalue weighted by Crippen LogP contribution is 2.30. The number of nitro benzene ring substituents is 1. The number of hydrogen-bond donors (Lipinski definition) is 2. The summed E-state index contributed by atoms with van der Waals surface area (Å²) in [5, 5.41) is 10.7. The van der Waals surface area contributed by atoms with Crippen molar-refractivity contribution in [3.05, 3.63) is 32.8 Å². The normalized spacial score (nSPS) is 12.9. The van der Waals surface area contributed by atoms with Crippen LogP contribution in [0, 0.1) is 17.0 Å². The Hall–Kier alpha value is -1.71. The van der Waals surface area contributed by atoms with Gasteiger partial charge in [-0.25, -0.2) is 13.1 Å². The summed E-state index contributed by atoms with van der Waals surface area (Å²) < 4.78 is 26.6. The van der Waals surface area contributed by atoms with Crippen molar-refractivity contribution in [1.29, 1.82) is 0 Å². The van der Waals surface area contributed by atoms with Crippen molar-refractivity contribution in [2.45, 2.75) is 31.2 Å². The molecule has 0 bridgehead atoms. The lowest BCUT2D eigenvalue weighted by Crippen LogP contribution is -2.36. The zero-order valence-corrected chi connectivity index (χ0v) is 12.9. The van der Waals surface area contributed by atoms with Crippen molar-refractivity contribution < 1.29 is 18.1 Å². The largest absolute Gasteiger partial charge is 0.370 e. The molecule has 21 heavy (non-hydrogen) atoms. The first kappa shape index (κ1) is 17.3. The molecular weight excluding hydrogens is 322 g/mol. The number of amides is 1. The fourth-order valence-corrected chi connectivity index (χ4v) is 3.52. The van der Waals surface area contributed by atoms with E-state index in [4.69, 9.17) is 17.3 Å². The SMILES string of the molecule is Cc1cc(Cl)c([N+](=O)[O-])cc1S(=O)(=O)NC(C)CC(N)=O. The third-order valence-electron chi connectivity index (χ3n) is 2.59. The van der Waals surface area contributed by atoms with E-state index in [1.54, 1.807) is 0 Å². The molecule has 1 aromatic carbocycles. The van der Waals surface area contributed by atoms with E-state index in [1.165, 1.54) is 19.9 Å². The molecule has 1 unspecified atom stereocenters. The Morgan fingerprint density at radius 2 is 2.10 bits per heavy atom. The number of nitrogens with zero attached hydrogens (tertiary/aromatic N) is 1. The van der Waals surface area contributed by atoms with E-state index >= 15 is 0 Å². The summed E-state index contributed by atoms with van der Waals surface area (Å²) in [6, 6.07) is 1.35. The summed E-state index contributed by atoms with van der Waals surface area (Å²) in [7, 11) is -4.03. The summed E-state index contributed by atoms with van der Waals surface area (Å²) in [4.78, 5) is 20.6. The monoisotopic (exact) mass is 335 g/mol. The molecule has 1 atom stereocenters. The minimum atomic E-state index is -4.03. The predicted molar refractivity (Wildman–Crippen MR) is 76.4 cm³/mol. The molecule has 0 saturated carbocycles. The number of nitro groups is 1. The van der Waals surface area contributed by atoms with Gasteiger partial charge in [0.05, 0.1) is 9.82 Å². The van der Waals surface area contributed by atoms with E-state index in [0.717, 1.165) is 6.07 Å². The smallest absolute Gasteiger partial charge is 0.289 e. The average Bonchev–Trinajstić information content (AvgIpc) is 2.25. The fourth-order valence-electron chi connectivity index (χ4n) is 1.74. The van der Waals surface area contributed by atoms with E-state index in [0.29, 0.717) is 0 Å². The average molecular weight is 336 g/mol. The number of halogens is 1. The number of rotatable bonds is 6. The van der Waals surface area contributed by atoms with Crippen LogP contribution in [0.4, 0.5) is 5.69 Å². The molecule has 1 amide bonds. The van der Waals surface area contributed by atoms with E-state index in [9.17, 15) is 23.3 Å². The van der Waals surface area contributed by atoms with E-state index < -0.39 is 32.6 Å². The summed E-state index contributed by atoms with van der Waals surface area (Å²) >= 11 is 5.70. The molecule has 1 rings (SSSR count). The van der Waals surface area contributed by atoms with Crippen LogP contribution in [0.3, 0.4) is 0 Å². The second-order valence-corrected chi connectivity index (χ2v) is 6.61. The molecule has 116 valence electrons. The van der Waals surface area contributed by atoms with Gasteiger partial charge in [-0.2, -0.15) is 0 Å². The number of hydrogen-bond acceptors (Lipinski definition) is 5. The first-order chi connectivity index (χ1) is 9.54. The molecule has 0 saturated heterocycles. The summed E-state index contributed by atoms with van der Waals surface area (Å²) in [5.41, 5.74) is 4.73. The molecule has 0 aliphatic heterocycles. The summed E-state index contributed by atoms with van der Waals surface area (Å²) in [6.45, 7) is 2.92. The molecule has 0 aromatic heterocycles. The Kier molecular flexibility index (Phi) is 5.26. The molecule has 0 spiro atoms. The number of nitrogens with one attached hydrogen (secondary N) is 1. The maximum absolute atomic E-state index is 12.2. The highest BCUT2D eigenvalue weighted by Gasteiger charge is 2.25. The van der Waals surface area contributed by atoms with Crippen LogP contribution in [0.2, 0.25) is 5.02 Å². The van der Waals surface area contributed by atoms with Gasteiger partial charge >= 0.3 is 0 Å². The molecule has 0 aliphatic rings. The Balaban J connectivity index is 3.22. The summed E-state index contributed by atoms with van der Waals surface area (Å²) in [6.07, 6.45) is -0.187. The quantitative estimate of drug-likeness (QED) is 0.593. The second kappa shape index (κ2) is 6.37. The van der Waals surface area contributed by atoms with Gasteiger partial charge in [0.1, 0.15) is 5.02 Å². The van der Waals surface area contributed by atoms with Gasteiger partial charge in [-0.1, -0.05) is 11.6 Å². The first-order valence-corrected chi connectivity index (χ1v) is 7.66. The lowest BCUT2D eigenvalue weighted by molar-refractivity contribution is -0.384. The van der Waals surface area contributed by atoms with Gasteiger partial charge in [0.2, 0.25) is 15.9 Å². The standard InChI is InChI=1S/C11H14ClN3O5S/c1-6-3-8(12)9(15(17)18)5-10(6)21(19,20)14-7(2)4-11(13)16/h3,5,7,14H,4H2,1-2H3,(H2,13,16). The van der Waals surface area contributed by atoms with Gasteiger partial charge in [0.25, 0.3) is 5.69 Å². The molecular formula is C11H14ClN3O5S.